The molecular formula is C20H29N3O2. The smallest absolute Gasteiger partial charge is 0.309 e. The van der Waals surface area contributed by atoms with E-state index in [0.717, 1.165) is 32.4 Å². The van der Waals surface area contributed by atoms with Gasteiger partial charge >= 0.3 is 6.03 Å². The van der Waals surface area contributed by atoms with E-state index in [1.165, 1.54) is 10.5 Å². The number of likely N-dealkylation sites (tertiary alicyclic amines) is 1. The maximum atomic E-state index is 13.2. The maximum absolute atomic E-state index is 13.2. The molecule has 3 rings (SSSR count). The van der Waals surface area contributed by atoms with Gasteiger partial charge in [0.1, 0.15) is 5.54 Å². The lowest BCUT2D eigenvalue weighted by Gasteiger charge is -2.41. The van der Waals surface area contributed by atoms with Gasteiger partial charge in [-0.25, -0.2) is 4.79 Å². The number of carbonyl (C=O) groups is 2. The first-order valence-corrected chi connectivity index (χ1v) is 9.30. The summed E-state index contributed by atoms with van der Waals surface area (Å²) in [4.78, 5) is 31.9. The van der Waals surface area contributed by atoms with E-state index in [9.17, 15) is 9.59 Å². The highest BCUT2D eigenvalue weighted by molar-refractivity contribution is 6.07. The van der Waals surface area contributed by atoms with Crippen LogP contribution in [0, 0.1) is 5.92 Å². The van der Waals surface area contributed by atoms with Crippen molar-refractivity contribution in [2.24, 2.45) is 5.92 Å². The molecule has 2 heterocycles. The molecule has 5 heteroatoms. The highest BCUT2D eigenvalue weighted by Crippen LogP contribution is 2.37. The Kier molecular flexibility index (Phi) is 5.13. The Morgan fingerprint density at radius 2 is 1.72 bits per heavy atom. The van der Waals surface area contributed by atoms with Gasteiger partial charge in [0.15, 0.2) is 0 Å². The molecule has 0 radical (unpaired) electrons. The summed E-state index contributed by atoms with van der Waals surface area (Å²) in [5, 5.41) is 0. The van der Waals surface area contributed by atoms with E-state index < -0.39 is 5.54 Å². The van der Waals surface area contributed by atoms with Crippen molar-refractivity contribution in [2.45, 2.75) is 38.6 Å². The van der Waals surface area contributed by atoms with Gasteiger partial charge in [0, 0.05) is 26.2 Å². The number of amides is 3. The van der Waals surface area contributed by atoms with Crippen LogP contribution >= 0.6 is 0 Å². The van der Waals surface area contributed by atoms with E-state index in [1.54, 1.807) is 0 Å². The number of hydrogen-bond acceptors (Lipinski definition) is 3. The first-order valence-electron chi connectivity index (χ1n) is 9.30. The molecule has 0 aliphatic carbocycles. The second kappa shape index (κ2) is 7.16. The minimum atomic E-state index is -0.632. The SMILES string of the molecule is CC(C)CN1C(=O)N(CCc2ccccc2)C2(CCN(C)CC2)C1=O. The number of benzene rings is 1. The third kappa shape index (κ3) is 3.43. The Labute approximate surface area is 150 Å². The second-order valence-electron chi connectivity index (χ2n) is 7.81. The quantitative estimate of drug-likeness (QED) is 0.772. The largest absolute Gasteiger partial charge is 0.327 e. The fourth-order valence-corrected chi connectivity index (χ4v) is 3.98. The van der Waals surface area contributed by atoms with Crippen LogP contribution in [0.4, 0.5) is 4.79 Å². The van der Waals surface area contributed by atoms with Crippen molar-refractivity contribution in [2.75, 3.05) is 33.2 Å². The lowest BCUT2D eigenvalue weighted by Crippen LogP contribution is -2.56. The minimum absolute atomic E-state index is 0.0207. The van der Waals surface area contributed by atoms with Gasteiger partial charge in [-0.1, -0.05) is 44.2 Å². The first kappa shape index (κ1) is 17.9. The van der Waals surface area contributed by atoms with Gasteiger partial charge < -0.3 is 9.80 Å². The van der Waals surface area contributed by atoms with Crippen molar-refractivity contribution < 1.29 is 9.59 Å². The minimum Gasteiger partial charge on any atom is -0.309 e. The Balaban J connectivity index is 1.83. The first-order chi connectivity index (χ1) is 11.9. The topological polar surface area (TPSA) is 43.9 Å². The molecule has 1 spiro atoms. The van der Waals surface area contributed by atoms with Crippen molar-refractivity contribution in [3.8, 4) is 0 Å². The molecule has 2 aliphatic rings. The third-order valence-electron chi connectivity index (χ3n) is 5.45. The van der Waals surface area contributed by atoms with Crippen LogP contribution < -0.4 is 0 Å². The molecule has 0 N–H and O–H groups in total. The van der Waals surface area contributed by atoms with Crippen LogP contribution in [-0.2, 0) is 11.2 Å². The molecule has 0 atom stereocenters. The summed E-state index contributed by atoms with van der Waals surface area (Å²) in [5.41, 5.74) is 0.570. The van der Waals surface area contributed by atoms with Gasteiger partial charge in [0.2, 0.25) is 0 Å². The number of rotatable bonds is 5. The molecule has 25 heavy (non-hydrogen) atoms. The number of hydrogen-bond donors (Lipinski definition) is 0. The summed E-state index contributed by atoms with van der Waals surface area (Å²) in [5.74, 6) is 0.303. The lowest BCUT2D eigenvalue weighted by molar-refractivity contribution is -0.135. The van der Waals surface area contributed by atoms with Crippen LogP contribution in [0.5, 0.6) is 0 Å². The number of urea groups is 1. The zero-order chi connectivity index (χ0) is 18.0. The van der Waals surface area contributed by atoms with Crippen LogP contribution in [0.3, 0.4) is 0 Å². The van der Waals surface area contributed by atoms with Gasteiger partial charge in [-0.2, -0.15) is 0 Å². The molecular weight excluding hydrogens is 314 g/mol. The van der Waals surface area contributed by atoms with E-state index in [2.05, 4.69) is 37.9 Å². The van der Waals surface area contributed by atoms with Crippen LogP contribution in [0.2, 0.25) is 0 Å². The average molecular weight is 343 g/mol. The van der Waals surface area contributed by atoms with Gasteiger partial charge in [-0.3, -0.25) is 9.69 Å². The Bertz CT molecular complexity index is 621. The molecule has 0 bridgehead atoms. The molecule has 3 amide bonds. The van der Waals surface area contributed by atoms with Crippen LogP contribution in [0.25, 0.3) is 0 Å². The predicted molar refractivity (Wildman–Crippen MR) is 98.3 cm³/mol. The van der Waals surface area contributed by atoms with Gasteiger partial charge in [-0.05, 0) is 37.8 Å². The summed E-state index contributed by atoms with van der Waals surface area (Å²) >= 11 is 0. The molecule has 2 fully saturated rings. The predicted octanol–water partition coefficient (Wildman–Crippen LogP) is 2.61. The fraction of sp³-hybridized carbons (Fsp3) is 0.600. The molecule has 136 valence electrons. The Morgan fingerprint density at radius 1 is 1.08 bits per heavy atom. The zero-order valence-corrected chi connectivity index (χ0v) is 15.6. The fourth-order valence-electron chi connectivity index (χ4n) is 3.98. The maximum Gasteiger partial charge on any atom is 0.327 e. The van der Waals surface area contributed by atoms with Gasteiger partial charge in [0.05, 0.1) is 0 Å². The molecule has 2 saturated heterocycles. The monoisotopic (exact) mass is 343 g/mol. The standard InChI is InChI=1S/C20H29N3O2/c1-16(2)15-22-18(24)20(10-13-21(3)14-11-20)23(19(22)25)12-9-17-7-5-4-6-8-17/h4-8,16H,9-15H2,1-3H3. The highest BCUT2D eigenvalue weighted by atomic mass is 16.2. The molecule has 5 nitrogen and oxygen atoms in total. The van der Waals surface area contributed by atoms with Crippen LogP contribution in [-0.4, -0.2) is 65.4 Å². The van der Waals surface area contributed by atoms with Crippen LogP contribution in [0.15, 0.2) is 30.3 Å². The highest BCUT2D eigenvalue weighted by Gasteiger charge is 2.57. The van der Waals surface area contributed by atoms with E-state index >= 15 is 0 Å². The summed E-state index contributed by atoms with van der Waals surface area (Å²) in [7, 11) is 2.08. The number of piperidine rings is 1. The molecule has 0 aromatic heterocycles. The summed E-state index contributed by atoms with van der Waals surface area (Å²) in [6.07, 6.45) is 2.25. The number of carbonyl (C=O) groups excluding carboxylic acids is 2. The van der Waals surface area contributed by atoms with Crippen molar-refractivity contribution >= 4 is 11.9 Å². The Hall–Kier alpha value is -1.88. The summed E-state index contributed by atoms with van der Waals surface area (Å²) < 4.78 is 0. The average Bonchev–Trinajstić information content (AvgIpc) is 2.78. The summed E-state index contributed by atoms with van der Waals surface area (Å²) in [6, 6.07) is 10.1. The number of nitrogens with zero attached hydrogens (tertiary/aromatic N) is 3. The van der Waals surface area contributed by atoms with Crippen LogP contribution in [0.1, 0.15) is 32.3 Å². The normalized spacial score (nSPS) is 21.0. The lowest BCUT2D eigenvalue weighted by atomic mass is 9.85. The van der Waals surface area contributed by atoms with E-state index in [0.29, 0.717) is 13.1 Å². The molecule has 1 aromatic carbocycles. The van der Waals surface area contributed by atoms with Crippen molar-refractivity contribution in [1.29, 1.82) is 0 Å². The van der Waals surface area contributed by atoms with E-state index in [-0.39, 0.29) is 17.9 Å². The summed E-state index contributed by atoms with van der Waals surface area (Å²) in [6.45, 7) is 6.93. The van der Waals surface area contributed by atoms with E-state index in [4.69, 9.17) is 0 Å². The Morgan fingerprint density at radius 3 is 2.32 bits per heavy atom. The second-order valence-corrected chi connectivity index (χ2v) is 7.81. The molecule has 1 aromatic rings. The molecule has 0 saturated carbocycles. The van der Waals surface area contributed by atoms with Crippen molar-refractivity contribution in [1.82, 2.24) is 14.7 Å². The van der Waals surface area contributed by atoms with E-state index in [1.807, 2.05) is 23.1 Å². The van der Waals surface area contributed by atoms with Crippen molar-refractivity contribution in [3.63, 3.8) is 0 Å². The third-order valence-corrected chi connectivity index (χ3v) is 5.45. The number of imide groups is 1. The van der Waals surface area contributed by atoms with Crippen molar-refractivity contribution in [3.05, 3.63) is 35.9 Å². The van der Waals surface area contributed by atoms with Gasteiger partial charge in [-0.15, -0.1) is 0 Å². The van der Waals surface area contributed by atoms with Gasteiger partial charge in [0.25, 0.3) is 5.91 Å². The molecule has 0 unspecified atom stereocenters. The molecule has 2 aliphatic heterocycles. The zero-order valence-electron chi connectivity index (χ0n) is 15.6.